The molecule has 2 aromatic rings. The fraction of sp³-hybridized carbons (Fsp3) is 0.588. The maximum absolute atomic E-state index is 5.90. The van der Waals surface area contributed by atoms with Crippen LogP contribution in [0, 0.1) is 6.92 Å². The molecule has 8 heteroatoms. The Morgan fingerprint density at radius 3 is 3.04 bits per heavy atom. The first kappa shape index (κ1) is 17.5. The molecule has 0 radical (unpaired) electrons. The lowest BCUT2D eigenvalue weighted by molar-refractivity contribution is 0.0272. The lowest BCUT2D eigenvalue weighted by atomic mass is 10.2. The Bertz CT molecular complexity index is 687. The normalized spacial score (nSPS) is 17.7. The highest BCUT2D eigenvalue weighted by molar-refractivity contribution is 5.52. The number of anilines is 3. The molecule has 136 valence electrons. The fourth-order valence-corrected chi connectivity index (χ4v) is 2.91. The van der Waals surface area contributed by atoms with Crippen LogP contribution in [0.4, 0.5) is 17.6 Å². The van der Waals surface area contributed by atoms with Crippen LogP contribution in [-0.4, -0.2) is 52.1 Å². The Kier molecular flexibility index (Phi) is 5.70. The minimum Gasteiger partial charge on any atom is -0.373 e. The SMILES string of the molecule is CCCCNc1cc(N2CCO[C@@H](Cn3cc(C)cn3)C2)nc(N)n1. The highest BCUT2D eigenvalue weighted by Crippen LogP contribution is 2.20. The Balaban J connectivity index is 1.65. The second kappa shape index (κ2) is 8.15. The van der Waals surface area contributed by atoms with Crippen molar-refractivity contribution in [3.05, 3.63) is 24.0 Å². The van der Waals surface area contributed by atoms with Gasteiger partial charge in [-0.1, -0.05) is 13.3 Å². The van der Waals surface area contributed by atoms with E-state index in [1.54, 1.807) is 0 Å². The zero-order valence-corrected chi connectivity index (χ0v) is 15.0. The predicted octanol–water partition coefficient (Wildman–Crippen LogP) is 1.68. The molecule has 1 aliphatic rings. The van der Waals surface area contributed by atoms with Gasteiger partial charge in [-0.3, -0.25) is 4.68 Å². The molecule has 0 spiro atoms. The fourth-order valence-electron chi connectivity index (χ4n) is 2.91. The first-order valence-corrected chi connectivity index (χ1v) is 8.88. The summed E-state index contributed by atoms with van der Waals surface area (Å²) in [6.07, 6.45) is 6.20. The second-order valence-corrected chi connectivity index (χ2v) is 6.43. The van der Waals surface area contributed by atoms with E-state index in [0.717, 1.165) is 56.2 Å². The van der Waals surface area contributed by atoms with Gasteiger partial charge in [0.05, 0.1) is 25.5 Å². The van der Waals surface area contributed by atoms with Crippen LogP contribution in [0.25, 0.3) is 0 Å². The monoisotopic (exact) mass is 345 g/mol. The number of unbranched alkanes of at least 4 members (excludes halogenated alkanes) is 1. The number of nitrogen functional groups attached to an aromatic ring is 1. The van der Waals surface area contributed by atoms with Gasteiger partial charge in [0, 0.05) is 31.9 Å². The van der Waals surface area contributed by atoms with Crippen molar-refractivity contribution in [1.82, 2.24) is 19.7 Å². The molecule has 1 aliphatic heterocycles. The van der Waals surface area contributed by atoms with Crippen LogP contribution in [0.1, 0.15) is 25.3 Å². The van der Waals surface area contributed by atoms with E-state index in [-0.39, 0.29) is 6.10 Å². The third kappa shape index (κ3) is 4.82. The smallest absolute Gasteiger partial charge is 0.223 e. The number of hydrogen-bond acceptors (Lipinski definition) is 7. The number of nitrogens with two attached hydrogens (primary N) is 1. The van der Waals surface area contributed by atoms with Crippen molar-refractivity contribution in [2.45, 2.75) is 39.3 Å². The molecule has 0 saturated carbocycles. The van der Waals surface area contributed by atoms with Crippen LogP contribution in [0.2, 0.25) is 0 Å². The summed E-state index contributed by atoms with van der Waals surface area (Å²) < 4.78 is 7.82. The molecule has 2 aromatic heterocycles. The highest BCUT2D eigenvalue weighted by Gasteiger charge is 2.23. The number of hydrogen-bond donors (Lipinski definition) is 2. The number of nitrogens with zero attached hydrogens (tertiary/aromatic N) is 5. The Morgan fingerprint density at radius 1 is 1.40 bits per heavy atom. The first-order valence-electron chi connectivity index (χ1n) is 8.88. The van der Waals surface area contributed by atoms with Gasteiger partial charge in [-0.25, -0.2) is 0 Å². The molecule has 3 N–H and O–H groups in total. The van der Waals surface area contributed by atoms with Crippen molar-refractivity contribution in [1.29, 1.82) is 0 Å². The molecule has 3 heterocycles. The molecule has 8 nitrogen and oxygen atoms in total. The largest absolute Gasteiger partial charge is 0.373 e. The lowest BCUT2D eigenvalue weighted by Crippen LogP contribution is -2.44. The second-order valence-electron chi connectivity index (χ2n) is 6.43. The van der Waals surface area contributed by atoms with E-state index in [4.69, 9.17) is 10.5 Å². The van der Waals surface area contributed by atoms with E-state index in [9.17, 15) is 0 Å². The molecule has 1 atom stereocenters. The quantitative estimate of drug-likeness (QED) is 0.737. The zero-order chi connectivity index (χ0) is 17.6. The summed E-state index contributed by atoms with van der Waals surface area (Å²) in [6, 6.07) is 1.96. The molecular weight excluding hydrogens is 318 g/mol. The van der Waals surface area contributed by atoms with Gasteiger partial charge in [-0.05, 0) is 18.9 Å². The molecule has 0 amide bonds. The van der Waals surface area contributed by atoms with Crippen LogP contribution in [0.15, 0.2) is 18.5 Å². The molecule has 0 aliphatic carbocycles. The maximum atomic E-state index is 5.90. The minimum absolute atomic E-state index is 0.0701. The van der Waals surface area contributed by atoms with E-state index in [0.29, 0.717) is 12.6 Å². The van der Waals surface area contributed by atoms with E-state index >= 15 is 0 Å². The van der Waals surface area contributed by atoms with Gasteiger partial charge >= 0.3 is 0 Å². The van der Waals surface area contributed by atoms with Gasteiger partial charge < -0.3 is 20.7 Å². The molecular formula is C17H27N7O. The summed E-state index contributed by atoms with van der Waals surface area (Å²) in [5.41, 5.74) is 7.05. The summed E-state index contributed by atoms with van der Waals surface area (Å²) in [4.78, 5) is 10.9. The maximum Gasteiger partial charge on any atom is 0.223 e. The zero-order valence-electron chi connectivity index (χ0n) is 15.0. The number of ether oxygens (including phenoxy) is 1. The predicted molar refractivity (Wildman–Crippen MR) is 98.8 cm³/mol. The van der Waals surface area contributed by atoms with Gasteiger partial charge in [0.25, 0.3) is 0 Å². The standard InChI is InChI=1S/C17H27N7O/c1-3-4-5-19-15-8-16(22-17(18)21-15)23-6-7-25-14(11-23)12-24-10-13(2)9-20-24/h8-10,14H,3-7,11-12H2,1-2H3,(H3,18,19,21,22)/t14-/m1/s1. The number of aryl methyl sites for hydroxylation is 1. The van der Waals surface area contributed by atoms with E-state index in [1.165, 1.54) is 0 Å². The van der Waals surface area contributed by atoms with E-state index in [2.05, 4.69) is 32.2 Å². The van der Waals surface area contributed by atoms with Crippen LogP contribution in [0.3, 0.4) is 0 Å². The van der Waals surface area contributed by atoms with Crippen LogP contribution in [-0.2, 0) is 11.3 Å². The molecule has 0 unspecified atom stereocenters. The number of aromatic nitrogens is 4. The van der Waals surface area contributed by atoms with E-state index < -0.39 is 0 Å². The lowest BCUT2D eigenvalue weighted by Gasteiger charge is -2.33. The number of rotatable bonds is 7. The summed E-state index contributed by atoms with van der Waals surface area (Å²) in [6.45, 7) is 8.02. The van der Waals surface area contributed by atoms with Gasteiger partial charge in [-0.15, -0.1) is 0 Å². The van der Waals surface area contributed by atoms with Crippen molar-refractivity contribution >= 4 is 17.6 Å². The van der Waals surface area contributed by atoms with Gasteiger partial charge in [0.1, 0.15) is 11.6 Å². The molecule has 25 heavy (non-hydrogen) atoms. The van der Waals surface area contributed by atoms with Gasteiger partial charge in [-0.2, -0.15) is 15.1 Å². The van der Waals surface area contributed by atoms with Crippen molar-refractivity contribution in [2.75, 3.05) is 42.2 Å². The Morgan fingerprint density at radius 2 is 2.28 bits per heavy atom. The van der Waals surface area contributed by atoms with Gasteiger partial charge in [0.15, 0.2) is 0 Å². The summed E-state index contributed by atoms with van der Waals surface area (Å²) in [7, 11) is 0. The van der Waals surface area contributed by atoms with Gasteiger partial charge in [0.2, 0.25) is 5.95 Å². The Hall–Kier alpha value is -2.35. The molecule has 1 fully saturated rings. The molecule has 3 rings (SSSR count). The van der Waals surface area contributed by atoms with Crippen molar-refractivity contribution in [2.24, 2.45) is 0 Å². The Labute approximate surface area is 148 Å². The molecule has 0 aromatic carbocycles. The third-order valence-corrected chi connectivity index (χ3v) is 4.18. The third-order valence-electron chi connectivity index (χ3n) is 4.18. The number of morpholine rings is 1. The van der Waals surface area contributed by atoms with Crippen molar-refractivity contribution < 1.29 is 4.74 Å². The van der Waals surface area contributed by atoms with Crippen molar-refractivity contribution in [3.8, 4) is 0 Å². The number of nitrogens with one attached hydrogen (secondary N) is 1. The van der Waals surface area contributed by atoms with Crippen molar-refractivity contribution in [3.63, 3.8) is 0 Å². The van der Waals surface area contributed by atoms with Crippen LogP contribution < -0.4 is 16.0 Å². The summed E-state index contributed by atoms with van der Waals surface area (Å²) >= 11 is 0. The molecule has 0 bridgehead atoms. The topological polar surface area (TPSA) is 94.1 Å². The summed E-state index contributed by atoms with van der Waals surface area (Å²) in [5.74, 6) is 1.92. The minimum atomic E-state index is 0.0701. The average Bonchev–Trinajstić information content (AvgIpc) is 3.00. The average molecular weight is 345 g/mol. The summed E-state index contributed by atoms with van der Waals surface area (Å²) in [5, 5.41) is 7.66. The van der Waals surface area contributed by atoms with E-state index in [1.807, 2.05) is 30.1 Å². The first-order chi connectivity index (χ1) is 12.1. The van der Waals surface area contributed by atoms with Crippen LogP contribution in [0.5, 0.6) is 0 Å². The highest BCUT2D eigenvalue weighted by atomic mass is 16.5. The molecule has 1 saturated heterocycles. The van der Waals surface area contributed by atoms with Crippen LogP contribution >= 0.6 is 0 Å².